The summed E-state index contributed by atoms with van der Waals surface area (Å²) in [5.41, 5.74) is 29.3. The van der Waals surface area contributed by atoms with Gasteiger partial charge in [-0.05, 0) is 146 Å². The molecular weight excluding hydrogens is 895 g/mol. The summed E-state index contributed by atoms with van der Waals surface area (Å²) in [5.74, 6) is 0. The molecule has 2 aliphatic heterocycles. The van der Waals surface area contributed by atoms with Crippen LogP contribution in [-0.4, -0.2) is 9.13 Å². The lowest BCUT2D eigenvalue weighted by atomic mass is 9.73. The normalized spacial score (nSPS) is 15.9. The van der Waals surface area contributed by atoms with Crippen LogP contribution >= 0.6 is 0 Å². The van der Waals surface area contributed by atoms with Gasteiger partial charge in [0.25, 0.3) is 0 Å². The van der Waals surface area contributed by atoms with Crippen LogP contribution in [0.25, 0.3) is 111 Å². The Labute approximate surface area is 429 Å². The highest BCUT2D eigenvalue weighted by molar-refractivity contribution is 6.25. The largest absolute Gasteiger partial charge is 0.309 e. The van der Waals surface area contributed by atoms with Gasteiger partial charge >= 0.3 is 0 Å². The number of aromatic nitrogens is 2. The fourth-order valence-corrected chi connectivity index (χ4v) is 14.6. The summed E-state index contributed by atoms with van der Waals surface area (Å²) in [7, 11) is 0. The zero-order valence-corrected chi connectivity index (χ0v) is 41.3. The third-order valence-corrected chi connectivity index (χ3v) is 17.8. The lowest BCUT2D eigenvalue weighted by molar-refractivity contribution is 0.660. The molecule has 3 heteroatoms. The molecule has 0 radical (unpaired) electrons. The molecule has 4 aliphatic rings. The van der Waals surface area contributed by atoms with Gasteiger partial charge in [0.05, 0.1) is 39.1 Å². The summed E-state index contributed by atoms with van der Waals surface area (Å²) >= 11 is 0. The Hall–Kier alpha value is -9.18. The van der Waals surface area contributed by atoms with Gasteiger partial charge in [-0.1, -0.05) is 172 Å². The van der Waals surface area contributed by atoms with Crippen molar-refractivity contribution >= 4 is 60.7 Å². The zero-order chi connectivity index (χ0) is 48.8. The molecule has 4 heterocycles. The van der Waals surface area contributed by atoms with Crippen LogP contribution in [0.15, 0.2) is 231 Å². The summed E-state index contributed by atoms with van der Waals surface area (Å²) in [6.45, 7) is 7.29. The standard InChI is InChI=1S/C71H47N3/c1-70(2)54-29-12-9-26-50(54)65-55(70)30-17-34-61(65)73-45-22-15-19-42(39-45)46-23-7-8-24-47(46)52-41-57-68-66-49(48-25-10-13-32-58(48)74-59-33-14-11-27-51(59)64(52)69(68)74)28-16-31-56(66)71(57,3)43-37-38-60-53(40-43)67-62(35-18-36-63(67)73)72(60)44-20-5-4-6-21-44/h4-41H,1-3H3. The second-order valence-electron chi connectivity index (χ2n) is 21.7. The highest BCUT2D eigenvalue weighted by Gasteiger charge is 2.46. The first-order valence-corrected chi connectivity index (χ1v) is 26.1. The Balaban J connectivity index is 1.09. The Morgan fingerprint density at radius 2 is 0.959 bits per heavy atom. The van der Waals surface area contributed by atoms with Crippen molar-refractivity contribution < 1.29 is 0 Å². The Bertz CT molecular complexity index is 4660. The Morgan fingerprint density at radius 3 is 1.85 bits per heavy atom. The molecule has 0 saturated carbocycles. The molecule has 0 fully saturated rings. The van der Waals surface area contributed by atoms with E-state index in [0.717, 1.165) is 17.1 Å². The average molecular weight is 942 g/mol. The molecule has 346 valence electrons. The molecular formula is C71H47N3. The second-order valence-corrected chi connectivity index (χ2v) is 21.7. The van der Waals surface area contributed by atoms with Gasteiger partial charge in [0.1, 0.15) is 0 Å². The Morgan fingerprint density at radius 1 is 0.324 bits per heavy atom. The minimum Gasteiger partial charge on any atom is -0.309 e. The summed E-state index contributed by atoms with van der Waals surface area (Å²) in [5, 5.41) is 5.00. The molecule has 6 bridgehead atoms. The highest BCUT2D eigenvalue weighted by atomic mass is 15.2. The summed E-state index contributed by atoms with van der Waals surface area (Å²) in [6.07, 6.45) is 0. The molecule has 1 atom stereocenters. The first-order chi connectivity index (χ1) is 36.4. The van der Waals surface area contributed by atoms with E-state index in [1.54, 1.807) is 0 Å². The second kappa shape index (κ2) is 14.1. The molecule has 74 heavy (non-hydrogen) atoms. The van der Waals surface area contributed by atoms with Gasteiger partial charge in [-0.2, -0.15) is 0 Å². The van der Waals surface area contributed by atoms with Crippen molar-refractivity contribution in [3.05, 3.63) is 258 Å². The number of benzene rings is 11. The van der Waals surface area contributed by atoms with Gasteiger partial charge in [-0.3, -0.25) is 0 Å². The number of fused-ring (bicyclic) bond motifs is 19. The molecule has 3 nitrogen and oxygen atoms in total. The minimum absolute atomic E-state index is 0.176. The summed E-state index contributed by atoms with van der Waals surface area (Å²) < 4.78 is 5.10. The van der Waals surface area contributed by atoms with Crippen LogP contribution in [0.2, 0.25) is 0 Å². The van der Waals surface area contributed by atoms with Gasteiger partial charge in [-0.15, -0.1) is 0 Å². The first kappa shape index (κ1) is 40.4. The van der Waals surface area contributed by atoms with Crippen LogP contribution in [0, 0.1) is 0 Å². The monoisotopic (exact) mass is 941 g/mol. The van der Waals surface area contributed by atoms with Gasteiger partial charge < -0.3 is 14.0 Å². The van der Waals surface area contributed by atoms with E-state index in [1.165, 1.54) is 138 Å². The van der Waals surface area contributed by atoms with Crippen LogP contribution in [0.1, 0.15) is 48.6 Å². The van der Waals surface area contributed by atoms with E-state index < -0.39 is 5.41 Å². The molecule has 1 unspecified atom stereocenters. The fourth-order valence-electron chi connectivity index (χ4n) is 14.6. The third kappa shape index (κ3) is 4.88. The van der Waals surface area contributed by atoms with E-state index in [9.17, 15) is 0 Å². The molecule has 11 aromatic carbocycles. The molecule has 0 saturated heterocycles. The molecule has 13 aromatic rings. The molecule has 0 amide bonds. The number of hydrogen-bond donors (Lipinski definition) is 0. The van der Waals surface area contributed by atoms with Gasteiger partial charge in [0, 0.05) is 60.4 Å². The maximum absolute atomic E-state index is 2.61. The summed E-state index contributed by atoms with van der Waals surface area (Å²) in [4.78, 5) is 2.59. The molecule has 2 aromatic heterocycles. The maximum Gasteiger partial charge on any atom is 0.0629 e. The van der Waals surface area contributed by atoms with Gasteiger partial charge in [-0.25, -0.2) is 0 Å². The van der Waals surface area contributed by atoms with E-state index in [1.807, 2.05) is 0 Å². The van der Waals surface area contributed by atoms with Crippen LogP contribution in [0.4, 0.5) is 17.1 Å². The maximum atomic E-state index is 2.61. The molecule has 0 N–H and O–H groups in total. The predicted octanol–water partition coefficient (Wildman–Crippen LogP) is 18.6. The van der Waals surface area contributed by atoms with Crippen molar-refractivity contribution in [3.8, 4) is 67.0 Å². The van der Waals surface area contributed by atoms with Crippen molar-refractivity contribution in [2.24, 2.45) is 0 Å². The smallest absolute Gasteiger partial charge is 0.0629 e. The molecule has 2 aliphatic carbocycles. The van der Waals surface area contributed by atoms with Gasteiger partial charge in [0.2, 0.25) is 0 Å². The lowest BCUT2D eigenvalue weighted by Gasteiger charge is -2.30. The highest BCUT2D eigenvalue weighted by Crippen LogP contribution is 2.63. The number of anilines is 3. The number of para-hydroxylation sites is 3. The average Bonchev–Trinajstić information content (AvgIpc) is 4.11. The number of rotatable bonds is 2. The quantitative estimate of drug-likeness (QED) is 0.168. The van der Waals surface area contributed by atoms with E-state index in [-0.39, 0.29) is 5.41 Å². The van der Waals surface area contributed by atoms with Crippen LogP contribution in [0.3, 0.4) is 0 Å². The van der Waals surface area contributed by atoms with E-state index in [2.05, 4.69) is 265 Å². The first-order valence-electron chi connectivity index (χ1n) is 26.1. The fraction of sp³-hybridized carbons (Fsp3) is 0.0704. The van der Waals surface area contributed by atoms with Crippen molar-refractivity contribution in [3.63, 3.8) is 0 Å². The number of hydrogen-bond acceptors (Lipinski definition) is 1. The SMILES string of the molecule is CC1(C)c2ccccc2-c2c(N3c4cccc(c4)-c4ccccc4-c4cc5c6c7c4c4ccccc4n7-c4ccccc4-c4cccc(c4-6)C5(C)c4ccc5c(c4)c4c3cccc4n5-c3ccccc3)cccc21. The van der Waals surface area contributed by atoms with E-state index >= 15 is 0 Å². The van der Waals surface area contributed by atoms with E-state index in [0.29, 0.717) is 0 Å². The van der Waals surface area contributed by atoms with E-state index in [4.69, 9.17) is 0 Å². The van der Waals surface area contributed by atoms with Crippen molar-refractivity contribution in [1.82, 2.24) is 9.13 Å². The van der Waals surface area contributed by atoms with Crippen LogP contribution in [-0.2, 0) is 10.8 Å². The van der Waals surface area contributed by atoms with Crippen LogP contribution < -0.4 is 4.90 Å². The molecule has 0 spiro atoms. The predicted molar refractivity (Wildman–Crippen MR) is 308 cm³/mol. The lowest BCUT2D eigenvalue weighted by Crippen LogP contribution is -2.22. The minimum atomic E-state index is -0.538. The third-order valence-electron chi connectivity index (χ3n) is 17.8. The molecule has 17 rings (SSSR count). The van der Waals surface area contributed by atoms with Crippen LogP contribution in [0.5, 0.6) is 0 Å². The van der Waals surface area contributed by atoms with Gasteiger partial charge in [0.15, 0.2) is 0 Å². The van der Waals surface area contributed by atoms with Crippen molar-refractivity contribution in [2.45, 2.75) is 31.6 Å². The topological polar surface area (TPSA) is 13.1 Å². The summed E-state index contributed by atoms with van der Waals surface area (Å²) in [6, 6.07) is 87.9. The van der Waals surface area contributed by atoms with Crippen molar-refractivity contribution in [1.29, 1.82) is 0 Å². The number of nitrogens with zero attached hydrogens (tertiary/aromatic N) is 3. The Kier molecular flexibility index (Phi) is 7.68. The zero-order valence-electron chi connectivity index (χ0n) is 41.3. The van der Waals surface area contributed by atoms with Crippen molar-refractivity contribution in [2.75, 3.05) is 4.90 Å².